The second-order valence-electron chi connectivity index (χ2n) is 13.7. The van der Waals surface area contributed by atoms with Crippen molar-refractivity contribution in [2.24, 2.45) is 10.9 Å². The average Bonchev–Trinajstić information content (AvgIpc) is 3.90. The highest BCUT2D eigenvalue weighted by Crippen LogP contribution is 2.36. The molecule has 0 aliphatic carbocycles. The van der Waals surface area contributed by atoms with Crippen LogP contribution in [0.15, 0.2) is 108 Å². The number of aryl methyl sites for hydroxylation is 1. The monoisotopic (exact) mass is 680 g/mol. The number of rotatable bonds is 11. The van der Waals surface area contributed by atoms with Gasteiger partial charge >= 0.3 is 6.09 Å². The number of hydrogen-bond acceptors (Lipinski definition) is 4. The summed E-state index contributed by atoms with van der Waals surface area (Å²) < 4.78 is 2.41. The van der Waals surface area contributed by atoms with Gasteiger partial charge in [0.2, 0.25) is 5.91 Å². The van der Waals surface area contributed by atoms with E-state index >= 15 is 0 Å². The van der Waals surface area contributed by atoms with Crippen LogP contribution in [0, 0.1) is 5.92 Å². The summed E-state index contributed by atoms with van der Waals surface area (Å²) in [6, 6.07) is 32.7. The number of carbonyl (C=O) groups is 2. The molecule has 1 aliphatic heterocycles. The number of unbranched alkanes of at least 4 members (excludes halogenated alkanes) is 1. The fourth-order valence-electron chi connectivity index (χ4n) is 7.29. The number of nitrogens with zero attached hydrogens (tertiary/aromatic N) is 4. The van der Waals surface area contributed by atoms with E-state index in [1.807, 2.05) is 56.4 Å². The number of aliphatic imine (C=N–C) groups is 1. The standard InChI is InChI=1S/C42H44N6O3/c1-4-5-22-47-36-24-30(34-26-43-40(45-34)35-17-12-23-48(35)41(49)38(27(2)3)46-42(50)51)18-20-32(36)33-21-19-31(25-37(33)47)44-39(28-13-8-6-9-14-28)29-15-10-7-11-16-29/h6-11,13-16,18-21,24-27,35,38,46H,4-5,12,17,22-23H2,1-3H3,(H,43,45)(H,50,51)/t35-,38+/m0/s1. The maximum atomic E-state index is 13.5. The first-order valence-electron chi connectivity index (χ1n) is 17.9. The number of likely N-dealkylation sites (tertiary alicyclic amines) is 1. The summed E-state index contributed by atoms with van der Waals surface area (Å²) in [6.07, 6.45) is 4.36. The first-order valence-corrected chi connectivity index (χ1v) is 17.9. The van der Waals surface area contributed by atoms with Crippen molar-refractivity contribution in [2.45, 2.75) is 65.1 Å². The van der Waals surface area contributed by atoms with E-state index in [0.29, 0.717) is 6.54 Å². The van der Waals surface area contributed by atoms with Crippen molar-refractivity contribution in [1.29, 1.82) is 0 Å². The Labute approximate surface area is 298 Å². The third-order valence-electron chi connectivity index (χ3n) is 9.89. The van der Waals surface area contributed by atoms with E-state index in [-0.39, 0.29) is 17.9 Å². The normalized spacial score (nSPS) is 15.1. The van der Waals surface area contributed by atoms with Crippen LogP contribution in [0.2, 0.25) is 0 Å². The Morgan fingerprint density at radius 1 is 0.941 bits per heavy atom. The van der Waals surface area contributed by atoms with Crippen LogP contribution in [-0.2, 0) is 11.3 Å². The fraction of sp³-hybridized carbons (Fsp3) is 0.286. The Bertz CT molecular complexity index is 2160. The highest BCUT2D eigenvalue weighted by molar-refractivity contribution is 6.14. The van der Waals surface area contributed by atoms with Crippen molar-refractivity contribution in [3.63, 3.8) is 0 Å². The van der Waals surface area contributed by atoms with Gasteiger partial charge in [-0.2, -0.15) is 0 Å². The summed E-state index contributed by atoms with van der Waals surface area (Å²) in [6.45, 7) is 7.37. The molecular weight excluding hydrogens is 637 g/mol. The second-order valence-corrected chi connectivity index (χ2v) is 13.7. The van der Waals surface area contributed by atoms with E-state index in [2.05, 4.69) is 82.5 Å². The molecule has 0 radical (unpaired) electrons. The highest BCUT2D eigenvalue weighted by atomic mass is 16.4. The average molecular weight is 681 g/mol. The van der Waals surface area contributed by atoms with Gasteiger partial charge in [-0.3, -0.25) is 4.79 Å². The molecule has 0 bridgehead atoms. The Balaban J connectivity index is 1.25. The summed E-state index contributed by atoms with van der Waals surface area (Å²) in [5, 5.41) is 14.1. The molecule has 1 saturated heterocycles. The molecule has 51 heavy (non-hydrogen) atoms. The van der Waals surface area contributed by atoms with Crippen LogP contribution in [-0.4, -0.2) is 54.8 Å². The largest absolute Gasteiger partial charge is 0.465 e. The first kappa shape index (κ1) is 33.8. The number of H-pyrrole nitrogens is 1. The topological polar surface area (TPSA) is 116 Å². The fourth-order valence-corrected chi connectivity index (χ4v) is 7.29. The van der Waals surface area contributed by atoms with Gasteiger partial charge in [0.15, 0.2) is 0 Å². The molecule has 9 heteroatoms. The minimum absolute atomic E-state index is 0.175. The van der Waals surface area contributed by atoms with E-state index in [1.165, 1.54) is 10.8 Å². The van der Waals surface area contributed by atoms with Crippen LogP contribution < -0.4 is 5.32 Å². The maximum Gasteiger partial charge on any atom is 0.405 e. The lowest BCUT2D eigenvalue weighted by Gasteiger charge is -2.29. The summed E-state index contributed by atoms with van der Waals surface area (Å²) in [4.78, 5) is 40.2. The van der Waals surface area contributed by atoms with Crippen molar-refractivity contribution >= 4 is 45.2 Å². The summed E-state index contributed by atoms with van der Waals surface area (Å²) in [5.41, 5.74) is 8.17. The molecule has 0 unspecified atom stereocenters. The minimum Gasteiger partial charge on any atom is -0.465 e. The molecule has 9 nitrogen and oxygen atoms in total. The Morgan fingerprint density at radius 2 is 1.61 bits per heavy atom. The van der Waals surface area contributed by atoms with Gasteiger partial charge in [0.25, 0.3) is 0 Å². The molecular formula is C42H44N6O3. The zero-order chi connectivity index (χ0) is 35.5. The van der Waals surface area contributed by atoms with Crippen molar-refractivity contribution in [3.05, 3.63) is 120 Å². The van der Waals surface area contributed by atoms with E-state index in [4.69, 9.17) is 9.98 Å². The predicted octanol–water partition coefficient (Wildman–Crippen LogP) is 9.11. The zero-order valence-electron chi connectivity index (χ0n) is 29.3. The number of imidazole rings is 1. The van der Waals surface area contributed by atoms with Crippen LogP contribution in [0.3, 0.4) is 0 Å². The first-order chi connectivity index (χ1) is 24.8. The number of carbonyl (C=O) groups excluding carboxylic acids is 1. The highest BCUT2D eigenvalue weighted by Gasteiger charge is 2.37. The molecule has 1 aliphatic rings. The Morgan fingerprint density at radius 3 is 2.25 bits per heavy atom. The van der Waals surface area contributed by atoms with Crippen LogP contribution in [0.25, 0.3) is 33.1 Å². The number of hydrogen-bond donors (Lipinski definition) is 3. The lowest BCUT2D eigenvalue weighted by atomic mass is 10.0. The van der Waals surface area contributed by atoms with Gasteiger partial charge in [-0.15, -0.1) is 0 Å². The molecule has 6 aromatic rings. The van der Waals surface area contributed by atoms with Gasteiger partial charge < -0.3 is 24.9 Å². The molecule has 2 atom stereocenters. The lowest BCUT2D eigenvalue weighted by Crippen LogP contribution is -2.50. The summed E-state index contributed by atoms with van der Waals surface area (Å²) >= 11 is 0. The number of fused-ring (bicyclic) bond motifs is 3. The second kappa shape index (κ2) is 14.6. The van der Waals surface area contributed by atoms with Gasteiger partial charge in [-0.25, -0.2) is 14.8 Å². The van der Waals surface area contributed by atoms with Crippen molar-refractivity contribution < 1.29 is 14.7 Å². The molecule has 7 rings (SSSR count). The van der Waals surface area contributed by atoms with Gasteiger partial charge in [-0.05, 0) is 43.4 Å². The number of aromatic amines is 1. The Hall–Kier alpha value is -5.70. The molecule has 3 heterocycles. The van der Waals surface area contributed by atoms with Crippen LogP contribution >= 0.6 is 0 Å². The molecule has 260 valence electrons. The van der Waals surface area contributed by atoms with Gasteiger partial charge in [0, 0.05) is 46.1 Å². The van der Waals surface area contributed by atoms with Crippen molar-refractivity contribution in [2.75, 3.05) is 6.54 Å². The summed E-state index contributed by atoms with van der Waals surface area (Å²) in [5.74, 6) is 0.333. The van der Waals surface area contributed by atoms with E-state index in [9.17, 15) is 14.7 Å². The number of nitrogens with one attached hydrogen (secondary N) is 2. The Kier molecular flexibility index (Phi) is 9.70. The van der Waals surface area contributed by atoms with E-state index in [0.717, 1.165) is 82.9 Å². The maximum absolute atomic E-state index is 13.5. The molecule has 2 amide bonds. The number of benzene rings is 4. The third kappa shape index (κ3) is 6.88. The van der Waals surface area contributed by atoms with Crippen molar-refractivity contribution in [1.82, 2.24) is 24.8 Å². The SMILES string of the molecule is CCCCn1c2cc(N=C(c3ccccc3)c3ccccc3)ccc2c2ccc(-c3cnc([C@@H]4CCCN4C(=O)[C@H](NC(=O)O)C(C)C)[nH]3)cc21. The van der Waals surface area contributed by atoms with Gasteiger partial charge in [-0.1, -0.05) is 106 Å². The van der Waals surface area contributed by atoms with Crippen LogP contribution in [0.1, 0.15) is 69.4 Å². The van der Waals surface area contributed by atoms with E-state index in [1.54, 1.807) is 4.90 Å². The molecule has 0 spiro atoms. The third-order valence-corrected chi connectivity index (χ3v) is 9.89. The number of aromatic nitrogens is 3. The number of amides is 2. The molecule has 0 saturated carbocycles. The van der Waals surface area contributed by atoms with Gasteiger partial charge in [0.05, 0.1) is 34.8 Å². The van der Waals surface area contributed by atoms with Crippen LogP contribution in [0.4, 0.5) is 10.5 Å². The quantitative estimate of drug-likeness (QED) is 0.118. The van der Waals surface area contributed by atoms with Crippen LogP contribution in [0.5, 0.6) is 0 Å². The molecule has 1 fully saturated rings. The molecule has 2 aromatic heterocycles. The lowest BCUT2D eigenvalue weighted by molar-refractivity contribution is -0.135. The zero-order valence-corrected chi connectivity index (χ0v) is 29.3. The molecule has 3 N–H and O–H groups in total. The minimum atomic E-state index is -1.20. The van der Waals surface area contributed by atoms with Gasteiger partial charge in [0.1, 0.15) is 11.9 Å². The smallest absolute Gasteiger partial charge is 0.405 e. The molecule has 4 aromatic carbocycles. The van der Waals surface area contributed by atoms with E-state index < -0.39 is 12.1 Å². The summed E-state index contributed by atoms with van der Waals surface area (Å²) in [7, 11) is 0. The van der Waals surface area contributed by atoms with Crippen molar-refractivity contribution in [3.8, 4) is 11.3 Å². The predicted molar refractivity (Wildman–Crippen MR) is 204 cm³/mol. The number of carboxylic acid groups (broad SMARTS) is 1.